The molecule has 0 aliphatic carbocycles. The first-order valence-corrected chi connectivity index (χ1v) is 7.50. The van der Waals surface area contributed by atoms with Gasteiger partial charge in [-0.15, -0.1) is 0 Å². The molecule has 2 aliphatic rings. The molecule has 0 aromatic rings. The largest absolute Gasteiger partial charge is 0.297 e. The molecule has 4 heteroatoms. The third-order valence-electron chi connectivity index (χ3n) is 3.58. The smallest absolute Gasteiger partial charge is 0.0360 e. The van der Waals surface area contributed by atoms with Gasteiger partial charge in [0.25, 0.3) is 0 Å². The van der Waals surface area contributed by atoms with Gasteiger partial charge in [-0.25, -0.2) is 0 Å². The summed E-state index contributed by atoms with van der Waals surface area (Å²) in [4.78, 5) is 0. The van der Waals surface area contributed by atoms with E-state index in [1.165, 1.54) is 38.5 Å². The van der Waals surface area contributed by atoms with E-state index in [0.29, 0.717) is 0 Å². The van der Waals surface area contributed by atoms with Crippen LogP contribution in [0.4, 0.5) is 0 Å². The summed E-state index contributed by atoms with van der Waals surface area (Å²) in [5.74, 6) is 0. The van der Waals surface area contributed by atoms with Gasteiger partial charge in [-0.1, -0.05) is 0 Å². The summed E-state index contributed by atoms with van der Waals surface area (Å²) in [6, 6.07) is 0. The van der Waals surface area contributed by atoms with E-state index in [2.05, 4.69) is 20.2 Å². The molecule has 0 radical (unpaired) electrons. The quantitative estimate of drug-likeness (QED) is 0.555. The zero-order valence-corrected chi connectivity index (χ0v) is 11.4. The normalized spacial score (nSPS) is 22.2. The van der Waals surface area contributed by atoms with Gasteiger partial charge in [0.2, 0.25) is 0 Å². The summed E-state index contributed by atoms with van der Waals surface area (Å²) in [5.41, 5.74) is 0. The van der Waals surface area contributed by atoms with Crippen LogP contribution in [0, 0.1) is 0 Å². The molecule has 2 rings (SSSR count). The van der Waals surface area contributed by atoms with E-state index >= 15 is 0 Å². The van der Waals surface area contributed by atoms with E-state index in [-0.39, 0.29) is 0 Å². The summed E-state index contributed by atoms with van der Waals surface area (Å²) < 4.78 is 0. The first kappa shape index (κ1) is 13.4. The molecule has 4 nitrogen and oxygen atoms in total. The average molecular weight is 250 g/mol. The standard InChI is InChI=1S/C14H26N4/c1-5-11-17(12-6-1)15-9-3-4-10-16-18-13-7-2-8-14-18/h9-10H,1-8,11-14H2/b15-9+,16-10+. The van der Waals surface area contributed by atoms with Gasteiger partial charge in [0.1, 0.15) is 0 Å². The molecule has 2 heterocycles. The second kappa shape index (κ2) is 8.11. The van der Waals surface area contributed by atoms with Gasteiger partial charge in [-0.2, -0.15) is 10.2 Å². The van der Waals surface area contributed by atoms with Gasteiger partial charge in [0, 0.05) is 38.6 Å². The predicted octanol–water partition coefficient (Wildman–Crippen LogP) is 2.71. The van der Waals surface area contributed by atoms with Crippen LogP contribution in [0.15, 0.2) is 10.2 Å². The Labute approximate surface area is 111 Å². The number of piperidine rings is 2. The molecule has 18 heavy (non-hydrogen) atoms. The number of nitrogens with zero attached hydrogens (tertiary/aromatic N) is 4. The Balaban J connectivity index is 1.54. The molecule has 0 atom stereocenters. The lowest BCUT2D eigenvalue weighted by Crippen LogP contribution is -2.24. The summed E-state index contributed by atoms with van der Waals surface area (Å²) in [6.07, 6.45) is 14.1. The van der Waals surface area contributed by atoms with Crippen LogP contribution in [0.1, 0.15) is 51.4 Å². The van der Waals surface area contributed by atoms with Gasteiger partial charge in [-0.05, 0) is 51.4 Å². The second-order valence-corrected chi connectivity index (χ2v) is 5.20. The molecule has 2 saturated heterocycles. The van der Waals surface area contributed by atoms with Crippen molar-refractivity contribution < 1.29 is 0 Å². The molecule has 0 N–H and O–H groups in total. The Bertz CT molecular complexity index is 235. The van der Waals surface area contributed by atoms with Gasteiger partial charge in [0.15, 0.2) is 0 Å². The van der Waals surface area contributed by atoms with Crippen molar-refractivity contribution in [1.82, 2.24) is 10.0 Å². The summed E-state index contributed by atoms with van der Waals surface area (Å²) >= 11 is 0. The molecule has 0 amide bonds. The van der Waals surface area contributed by atoms with Crippen molar-refractivity contribution in [3.63, 3.8) is 0 Å². The molecular formula is C14H26N4. The van der Waals surface area contributed by atoms with Gasteiger partial charge in [-0.3, -0.25) is 10.0 Å². The summed E-state index contributed by atoms with van der Waals surface area (Å²) in [5, 5.41) is 13.4. The number of hydrogen-bond acceptors (Lipinski definition) is 4. The third kappa shape index (κ3) is 5.07. The molecule has 2 aliphatic heterocycles. The van der Waals surface area contributed by atoms with Gasteiger partial charge >= 0.3 is 0 Å². The van der Waals surface area contributed by atoms with Crippen LogP contribution >= 0.6 is 0 Å². The fraction of sp³-hybridized carbons (Fsp3) is 0.857. The average Bonchev–Trinajstić information content (AvgIpc) is 2.45. The number of hydrazone groups is 2. The highest BCUT2D eigenvalue weighted by atomic mass is 15.4. The molecule has 102 valence electrons. The van der Waals surface area contributed by atoms with Crippen molar-refractivity contribution in [3.8, 4) is 0 Å². The van der Waals surface area contributed by atoms with E-state index in [1.807, 2.05) is 12.4 Å². The topological polar surface area (TPSA) is 31.2 Å². The van der Waals surface area contributed by atoms with Crippen molar-refractivity contribution in [2.75, 3.05) is 26.2 Å². The van der Waals surface area contributed by atoms with Crippen LogP contribution in [0.5, 0.6) is 0 Å². The van der Waals surface area contributed by atoms with Crippen LogP contribution in [-0.4, -0.2) is 48.6 Å². The highest BCUT2D eigenvalue weighted by molar-refractivity contribution is 5.65. The van der Waals surface area contributed by atoms with E-state index in [9.17, 15) is 0 Å². The highest BCUT2D eigenvalue weighted by Gasteiger charge is 2.06. The number of hydrogen-bond donors (Lipinski definition) is 0. The summed E-state index contributed by atoms with van der Waals surface area (Å²) in [6.45, 7) is 4.55. The minimum absolute atomic E-state index is 1.01. The molecule has 0 saturated carbocycles. The van der Waals surface area contributed by atoms with Crippen LogP contribution in [0.3, 0.4) is 0 Å². The van der Waals surface area contributed by atoms with Crippen LogP contribution in [-0.2, 0) is 0 Å². The minimum Gasteiger partial charge on any atom is -0.297 e. The van der Waals surface area contributed by atoms with Crippen molar-refractivity contribution in [1.29, 1.82) is 0 Å². The molecule has 0 unspecified atom stereocenters. The lowest BCUT2D eigenvalue weighted by atomic mass is 10.2. The van der Waals surface area contributed by atoms with Crippen molar-refractivity contribution in [3.05, 3.63) is 0 Å². The molecule has 0 spiro atoms. The first-order valence-electron chi connectivity index (χ1n) is 7.50. The zero-order chi connectivity index (χ0) is 12.5. The maximum Gasteiger partial charge on any atom is 0.0360 e. The summed E-state index contributed by atoms with van der Waals surface area (Å²) in [7, 11) is 0. The molecular weight excluding hydrogens is 224 g/mol. The van der Waals surface area contributed by atoms with Crippen LogP contribution in [0.2, 0.25) is 0 Å². The Morgan fingerprint density at radius 3 is 1.39 bits per heavy atom. The van der Waals surface area contributed by atoms with Gasteiger partial charge in [0.05, 0.1) is 0 Å². The SMILES string of the molecule is C(/CC/C=N/N1CCCCC1)=N\N1CCCCC1. The maximum absolute atomic E-state index is 4.50. The fourth-order valence-corrected chi connectivity index (χ4v) is 2.48. The van der Waals surface area contributed by atoms with Crippen molar-refractivity contribution in [2.45, 2.75) is 51.4 Å². The fourth-order valence-electron chi connectivity index (χ4n) is 2.48. The van der Waals surface area contributed by atoms with E-state index < -0.39 is 0 Å². The lowest BCUT2D eigenvalue weighted by molar-refractivity contribution is 0.239. The minimum atomic E-state index is 1.01. The highest BCUT2D eigenvalue weighted by Crippen LogP contribution is 2.09. The Hall–Kier alpha value is -1.06. The Morgan fingerprint density at radius 2 is 1.00 bits per heavy atom. The monoisotopic (exact) mass is 250 g/mol. The number of rotatable bonds is 5. The first-order chi connectivity index (χ1) is 8.95. The third-order valence-corrected chi connectivity index (χ3v) is 3.58. The van der Waals surface area contributed by atoms with E-state index in [4.69, 9.17) is 0 Å². The molecule has 0 aromatic carbocycles. The lowest BCUT2D eigenvalue weighted by Gasteiger charge is -2.23. The molecule has 0 bridgehead atoms. The second-order valence-electron chi connectivity index (χ2n) is 5.20. The zero-order valence-electron chi connectivity index (χ0n) is 11.4. The van der Waals surface area contributed by atoms with E-state index in [0.717, 1.165) is 39.0 Å². The molecule has 0 aromatic heterocycles. The Morgan fingerprint density at radius 1 is 0.611 bits per heavy atom. The van der Waals surface area contributed by atoms with Crippen LogP contribution < -0.4 is 0 Å². The van der Waals surface area contributed by atoms with E-state index in [1.54, 1.807) is 0 Å². The van der Waals surface area contributed by atoms with Crippen molar-refractivity contribution in [2.24, 2.45) is 10.2 Å². The Kier molecular flexibility index (Phi) is 6.03. The van der Waals surface area contributed by atoms with Crippen molar-refractivity contribution >= 4 is 12.4 Å². The molecule has 2 fully saturated rings. The van der Waals surface area contributed by atoms with Crippen LogP contribution in [0.25, 0.3) is 0 Å². The maximum atomic E-state index is 4.50. The predicted molar refractivity (Wildman–Crippen MR) is 77.1 cm³/mol. The van der Waals surface area contributed by atoms with Gasteiger partial charge < -0.3 is 0 Å². The number of unbranched alkanes of at least 4 members (excludes halogenated alkanes) is 1.